The van der Waals surface area contributed by atoms with Crippen molar-refractivity contribution in [2.45, 2.75) is 71.0 Å². The van der Waals surface area contributed by atoms with E-state index in [1.165, 1.54) is 0 Å². The summed E-state index contributed by atoms with van der Waals surface area (Å²) in [6.07, 6.45) is 5.12. The smallest absolute Gasteiger partial charge is 0.339 e. The molecule has 0 radical (unpaired) electrons. The number of rotatable bonds is 6. The van der Waals surface area contributed by atoms with E-state index in [-0.39, 0.29) is 31.6 Å². The molecule has 2 aliphatic heterocycles. The van der Waals surface area contributed by atoms with Gasteiger partial charge in [0.2, 0.25) is 12.7 Å². The van der Waals surface area contributed by atoms with E-state index < -0.39 is 11.2 Å². The maximum Gasteiger partial charge on any atom is 0.339 e. The third kappa shape index (κ3) is 4.92. The van der Waals surface area contributed by atoms with Crippen molar-refractivity contribution in [3.8, 4) is 17.2 Å². The maximum absolute atomic E-state index is 13.1. The van der Waals surface area contributed by atoms with Gasteiger partial charge < -0.3 is 28.6 Å². The van der Waals surface area contributed by atoms with E-state index in [4.69, 9.17) is 30.2 Å². The number of hydrogen-bond acceptors (Lipinski definition) is 7. The summed E-state index contributed by atoms with van der Waals surface area (Å²) < 4.78 is 22.6. The zero-order valence-electron chi connectivity index (χ0n) is 22.9. The number of carbonyl (C=O) groups excluding carboxylic acids is 1. The molecule has 1 amide bonds. The number of aryl methyl sites for hydroxylation is 2. The minimum atomic E-state index is -0.623. The average Bonchev–Trinajstić information content (AvgIpc) is 3.39. The van der Waals surface area contributed by atoms with Crippen LogP contribution in [0.3, 0.4) is 0 Å². The fourth-order valence-electron chi connectivity index (χ4n) is 6.43. The summed E-state index contributed by atoms with van der Waals surface area (Å²) in [7, 11) is 0. The Labute approximate surface area is 237 Å². The molecular formula is C31H34ClNO7. The molecule has 2 atom stereocenters. The highest BCUT2D eigenvalue weighted by molar-refractivity contribution is 6.31. The average molecular weight is 568 g/mol. The van der Waals surface area contributed by atoms with Gasteiger partial charge in [-0.1, -0.05) is 24.4 Å². The van der Waals surface area contributed by atoms with Crippen LogP contribution in [-0.4, -0.2) is 41.4 Å². The number of aliphatic hydroxyl groups is 1. The number of amides is 1. The number of benzene rings is 2. The van der Waals surface area contributed by atoms with Crippen molar-refractivity contribution in [2.24, 2.45) is 5.92 Å². The molecule has 0 bridgehead atoms. The lowest BCUT2D eigenvalue weighted by molar-refractivity contribution is -0.143. The van der Waals surface area contributed by atoms with Crippen LogP contribution in [0.25, 0.3) is 11.0 Å². The van der Waals surface area contributed by atoms with E-state index in [9.17, 15) is 14.7 Å². The fraction of sp³-hybridized carbons (Fsp3) is 0.484. The van der Waals surface area contributed by atoms with E-state index in [2.05, 4.69) is 0 Å². The van der Waals surface area contributed by atoms with Crippen LogP contribution in [0.4, 0.5) is 0 Å². The summed E-state index contributed by atoms with van der Waals surface area (Å²) in [4.78, 5) is 28.0. The summed E-state index contributed by atoms with van der Waals surface area (Å²) >= 11 is 6.39. The molecular weight excluding hydrogens is 534 g/mol. The minimum absolute atomic E-state index is 0.0219. The van der Waals surface area contributed by atoms with Crippen LogP contribution in [0, 0.1) is 19.8 Å². The Morgan fingerprint density at radius 2 is 1.95 bits per heavy atom. The molecule has 1 aromatic heterocycles. The topological polar surface area (TPSA) is 98.4 Å². The first kappa shape index (κ1) is 27.0. The standard InChI is InChI=1S/C31H34ClNO7/c1-18-22-6-8-25(37-16-20-13-26-27(14-24(20)32)39-17-38-26)19(2)29(22)40-30(35)23(18)7-9-28(34)33-12-11-31(36)10-4-3-5-21(31)15-33/h6,8,13-14,21,36H,3-5,7,9-12,15-17H2,1-2H3/t21-,31+/m1/s1. The molecule has 0 unspecified atom stereocenters. The lowest BCUT2D eigenvalue weighted by Crippen LogP contribution is -2.54. The normalized spacial score (nSPS) is 21.9. The number of hydrogen-bond donors (Lipinski definition) is 1. The first-order valence-corrected chi connectivity index (χ1v) is 14.4. The Hall–Kier alpha value is -3.23. The lowest BCUT2D eigenvalue weighted by Gasteiger charge is -2.47. The summed E-state index contributed by atoms with van der Waals surface area (Å²) in [6.45, 7) is 5.29. The van der Waals surface area contributed by atoms with Gasteiger partial charge in [-0.15, -0.1) is 0 Å². The fourth-order valence-corrected chi connectivity index (χ4v) is 6.64. The first-order chi connectivity index (χ1) is 19.2. The zero-order chi connectivity index (χ0) is 28.0. The first-order valence-electron chi connectivity index (χ1n) is 14.0. The Balaban J connectivity index is 1.15. The molecule has 1 saturated carbocycles. The highest BCUT2D eigenvalue weighted by atomic mass is 35.5. The maximum atomic E-state index is 13.1. The highest BCUT2D eigenvalue weighted by Gasteiger charge is 2.43. The number of piperidine rings is 1. The zero-order valence-corrected chi connectivity index (χ0v) is 23.6. The van der Waals surface area contributed by atoms with Crippen molar-refractivity contribution in [2.75, 3.05) is 19.9 Å². The SMILES string of the molecule is Cc1c(CCC(=O)N2CC[C@@]3(O)CCCC[C@@H]3C2)c(=O)oc2c(C)c(OCc3cc4c(cc3Cl)OCO4)ccc12. The van der Waals surface area contributed by atoms with Crippen molar-refractivity contribution in [1.82, 2.24) is 4.90 Å². The predicted molar refractivity (Wildman–Crippen MR) is 150 cm³/mol. The second-order valence-corrected chi connectivity index (χ2v) is 11.7. The van der Waals surface area contributed by atoms with Gasteiger partial charge in [0.15, 0.2) is 11.5 Å². The summed E-state index contributed by atoms with van der Waals surface area (Å²) in [5, 5.41) is 12.3. The summed E-state index contributed by atoms with van der Waals surface area (Å²) in [5.41, 5.74) is 2.22. The molecule has 1 saturated heterocycles. The van der Waals surface area contributed by atoms with Gasteiger partial charge in [0, 0.05) is 53.6 Å². The third-order valence-corrected chi connectivity index (χ3v) is 9.30. The van der Waals surface area contributed by atoms with E-state index in [1.807, 2.05) is 30.9 Å². The van der Waals surface area contributed by atoms with E-state index in [1.54, 1.807) is 12.1 Å². The predicted octanol–water partition coefficient (Wildman–Crippen LogP) is 5.46. The minimum Gasteiger partial charge on any atom is -0.488 e. The van der Waals surface area contributed by atoms with Gasteiger partial charge in [-0.3, -0.25) is 4.79 Å². The van der Waals surface area contributed by atoms with Crippen LogP contribution in [0.15, 0.2) is 33.5 Å². The van der Waals surface area contributed by atoms with Gasteiger partial charge >= 0.3 is 5.63 Å². The van der Waals surface area contributed by atoms with Crippen molar-refractivity contribution in [1.29, 1.82) is 0 Å². The molecule has 40 heavy (non-hydrogen) atoms. The molecule has 2 aromatic carbocycles. The van der Waals surface area contributed by atoms with Crippen LogP contribution in [0.5, 0.6) is 17.2 Å². The van der Waals surface area contributed by atoms with E-state index in [0.717, 1.165) is 42.2 Å². The second-order valence-electron chi connectivity index (χ2n) is 11.3. The van der Waals surface area contributed by atoms with Crippen molar-refractivity contribution < 1.29 is 28.5 Å². The van der Waals surface area contributed by atoms with Crippen LogP contribution >= 0.6 is 11.6 Å². The van der Waals surface area contributed by atoms with Crippen LogP contribution in [0.1, 0.15) is 60.8 Å². The van der Waals surface area contributed by atoms with Gasteiger partial charge in [-0.25, -0.2) is 4.79 Å². The van der Waals surface area contributed by atoms with Gasteiger partial charge in [0.05, 0.1) is 10.6 Å². The summed E-state index contributed by atoms with van der Waals surface area (Å²) in [6, 6.07) is 7.26. The molecule has 212 valence electrons. The van der Waals surface area contributed by atoms with E-state index >= 15 is 0 Å². The molecule has 3 aliphatic rings. The quantitative estimate of drug-likeness (QED) is 0.395. The van der Waals surface area contributed by atoms with Gasteiger partial charge in [-0.2, -0.15) is 0 Å². The lowest BCUT2D eigenvalue weighted by atomic mass is 9.71. The molecule has 3 heterocycles. The number of halogens is 1. The Morgan fingerprint density at radius 3 is 2.77 bits per heavy atom. The van der Waals surface area contributed by atoms with E-state index in [0.29, 0.717) is 64.9 Å². The third-order valence-electron chi connectivity index (χ3n) is 8.95. The largest absolute Gasteiger partial charge is 0.488 e. The van der Waals surface area contributed by atoms with Gasteiger partial charge in [0.1, 0.15) is 17.9 Å². The molecule has 1 aliphatic carbocycles. The number of likely N-dealkylation sites (tertiary alicyclic amines) is 1. The number of fused-ring (bicyclic) bond motifs is 3. The summed E-state index contributed by atoms with van der Waals surface area (Å²) in [5.74, 6) is 1.99. The van der Waals surface area contributed by atoms with Gasteiger partial charge in [0.25, 0.3) is 0 Å². The number of carbonyl (C=O) groups is 1. The number of ether oxygens (including phenoxy) is 3. The monoisotopic (exact) mass is 567 g/mol. The Morgan fingerprint density at radius 1 is 1.15 bits per heavy atom. The molecule has 2 fully saturated rings. The Kier molecular flexibility index (Phi) is 7.17. The van der Waals surface area contributed by atoms with Crippen LogP contribution < -0.4 is 19.8 Å². The van der Waals surface area contributed by atoms with Crippen LogP contribution in [0.2, 0.25) is 5.02 Å². The van der Waals surface area contributed by atoms with Crippen molar-refractivity contribution >= 4 is 28.5 Å². The Bertz CT molecular complexity index is 1530. The molecule has 3 aromatic rings. The molecule has 1 N–H and O–H groups in total. The molecule has 0 spiro atoms. The second kappa shape index (κ2) is 10.6. The van der Waals surface area contributed by atoms with Crippen molar-refractivity contribution in [3.63, 3.8) is 0 Å². The molecule has 9 heteroatoms. The van der Waals surface area contributed by atoms with Crippen LogP contribution in [-0.2, 0) is 17.8 Å². The van der Waals surface area contributed by atoms with Crippen molar-refractivity contribution in [3.05, 3.63) is 62.0 Å². The molecule has 8 nitrogen and oxygen atoms in total. The number of nitrogens with zero attached hydrogens (tertiary/aromatic N) is 1. The molecule has 6 rings (SSSR count). The highest BCUT2D eigenvalue weighted by Crippen LogP contribution is 2.40. The van der Waals surface area contributed by atoms with Gasteiger partial charge in [-0.05, 0) is 63.3 Å².